The number of ether oxygens (including phenoxy) is 1. The van der Waals surface area contributed by atoms with Gasteiger partial charge in [-0.2, -0.15) is 10.1 Å². The van der Waals surface area contributed by atoms with Gasteiger partial charge in [0, 0.05) is 5.92 Å². The van der Waals surface area contributed by atoms with Crippen molar-refractivity contribution in [2.75, 3.05) is 13.7 Å². The van der Waals surface area contributed by atoms with E-state index in [1.807, 2.05) is 54.6 Å². The summed E-state index contributed by atoms with van der Waals surface area (Å²) in [6.45, 7) is 0.334. The Balaban J connectivity index is 1.99. The van der Waals surface area contributed by atoms with Gasteiger partial charge in [0.25, 0.3) is 0 Å². The molecule has 3 rings (SSSR count). The summed E-state index contributed by atoms with van der Waals surface area (Å²) in [5, 5.41) is 14.6. The third-order valence-corrected chi connectivity index (χ3v) is 3.72. The number of nitrogens with zero attached hydrogens (tertiary/aromatic N) is 2. The van der Waals surface area contributed by atoms with Crippen LogP contribution in [0.25, 0.3) is 0 Å². The maximum Gasteiger partial charge on any atom is 0.427 e. The zero-order chi connectivity index (χ0) is 15.5. The van der Waals surface area contributed by atoms with Crippen molar-refractivity contribution >= 4 is 11.8 Å². The maximum absolute atomic E-state index is 11.3. The molecule has 1 N–H and O–H groups in total. The minimum Gasteiger partial charge on any atom is -0.497 e. The molecule has 5 nitrogen and oxygen atoms in total. The third kappa shape index (κ3) is 2.65. The van der Waals surface area contributed by atoms with E-state index >= 15 is 0 Å². The number of carbonyl (C=O) groups is 1. The second kappa shape index (κ2) is 5.89. The maximum atomic E-state index is 11.3. The molecule has 0 bridgehead atoms. The number of methoxy groups -OCH3 is 1. The van der Waals surface area contributed by atoms with Gasteiger partial charge in [-0.25, -0.2) is 4.79 Å². The van der Waals surface area contributed by atoms with E-state index in [2.05, 4.69) is 5.10 Å². The Hall–Kier alpha value is -2.82. The van der Waals surface area contributed by atoms with Crippen molar-refractivity contribution < 1.29 is 14.6 Å². The number of benzene rings is 2. The molecule has 0 saturated carbocycles. The topological polar surface area (TPSA) is 62.1 Å². The molecular weight excluding hydrogens is 280 g/mol. The Morgan fingerprint density at radius 2 is 1.86 bits per heavy atom. The first kappa shape index (κ1) is 14.1. The normalized spacial score (nSPS) is 17.2. The molecule has 1 unspecified atom stereocenters. The molecule has 1 aliphatic rings. The Morgan fingerprint density at radius 3 is 2.45 bits per heavy atom. The van der Waals surface area contributed by atoms with Crippen molar-refractivity contribution in [2.45, 2.75) is 5.92 Å². The number of hydrogen-bond acceptors (Lipinski definition) is 3. The second-order valence-corrected chi connectivity index (χ2v) is 5.04. The molecule has 0 spiro atoms. The summed E-state index contributed by atoms with van der Waals surface area (Å²) in [6.07, 6.45) is -1.04. The first-order chi connectivity index (χ1) is 10.7. The lowest BCUT2D eigenvalue weighted by atomic mass is 9.91. The van der Waals surface area contributed by atoms with Gasteiger partial charge in [-0.15, -0.1) is 0 Å². The van der Waals surface area contributed by atoms with Crippen molar-refractivity contribution in [3.63, 3.8) is 0 Å². The first-order valence-electron chi connectivity index (χ1n) is 6.97. The number of hydrogen-bond donors (Lipinski definition) is 1. The molecule has 0 radical (unpaired) electrons. The van der Waals surface area contributed by atoms with Crippen LogP contribution in [0.15, 0.2) is 59.7 Å². The van der Waals surface area contributed by atoms with Crippen molar-refractivity contribution in [1.82, 2.24) is 5.01 Å². The van der Waals surface area contributed by atoms with Gasteiger partial charge >= 0.3 is 6.09 Å². The van der Waals surface area contributed by atoms with Crippen LogP contribution >= 0.6 is 0 Å². The highest BCUT2D eigenvalue weighted by atomic mass is 16.5. The monoisotopic (exact) mass is 296 g/mol. The summed E-state index contributed by atoms with van der Waals surface area (Å²) in [5.74, 6) is 0.694. The summed E-state index contributed by atoms with van der Waals surface area (Å²) in [5.41, 5.74) is 2.72. The number of rotatable bonds is 3. The average molecular weight is 296 g/mol. The van der Waals surface area contributed by atoms with Gasteiger partial charge in [0.05, 0.1) is 19.4 Å². The van der Waals surface area contributed by atoms with Gasteiger partial charge in [0.2, 0.25) is 0 Å². The van der Waals surface area contributed by atoms with Crippen LogP contribution in [0.2, 0.25) is 0 Å². The van der Waals surface area contributed by atoms with E-state index in [9.17, 15) is 9.90 Å². The highest BCUT2D eigenvalue weighted by Gasteiger charge is 2.31. The van der Waals surface area contributed by atoms with E-state index in [0.717, 1.165) is 27.6 Å². The van der Waals surface area contributed by atoms with Crippen LogP contribution in [-0.2, 0) is 0 Å². The van der Waals surface area contributed by atoms with Gasteiger partial charge in [-0.1, -0.05) is 30.3 Å². The average Bonchev–Trinajstić information content (AvgIpc) is 3.01. The molecule has 22 heavy (non-hydrogen) atoms. The molecule has 1 aliphatic heterocycles. The van der Waals surface area contributed by atoms with Crippen LogP contribution in [0.1, 0.15) is 17.0 Å². The number of carboxylic acid groups (broad SMARTS) is 1. The summed E-state index contributed by atoms with van der Waals surface area (Å²) in [4.78, 5) is 11.3. The molecule has 0 saturated heterocycles. The second-order valence-electron chi connectivity index (χ2n) is 5.04. The minimum atomic E-state index is -1.04. The van der Waals surface area contributed by atoms with Crippen LogP contribution in [0.4, 0.5) is 4.79 Å². The molecule has 112 valence electrons. The first-order valence-corrected chi connectivity index (χ1v) is 6.97. The molecule has 0 aromatic heterocycles. The minimum absolute atomic E-state index is 0.0642. The predicted octanol–water partition coefficient (Wildman–Crippen LogP) is 3.18. The molecule has 0 aliphatic carbocycles. The quantitative estimate of drug-likeness (QED) is 0.946. The van der Waals surface area contributed by atoms with Crippen LogP contribution in [-0.4, -0.2) is 35.6 Å². The number of hydrazone groups is 1. The summed E-state index contributed by atoms with van der Waals surface area (Å²) >= 11 is 0. The lowest BCUT2D eigenvalue weighted by molar-refractivity contribution is 0.151. The van der Waals surface area contributed by atoms with E-state index in [1.54, 1.807) is 7.11 Å². The zero-order valence-electron chi connectivity index (χ0n) is 12.1. The van der Waals surface area contributed by atoms with E-state index in [0.29, 0.717) is 6.54 Å². The lowest BCUT2D eigenvalue weighted by Crippen LogP contribution is -2.23. The van der Waals surface area contributed by atoms with E-state index < -0.39 is 6.09 Å². The van der Waals surface area contributed by atoms with Gasteiger partial charge in [-0.3, -0.25) is 0 Å². The SMILES string of the molecule is COc1ccc(C2=NN(C(=O)O)CC2c2ccccc2)cc1. The van der Waals surface area contributed by atoms with Gasteiger partial charge < -0.3 is 9.84 Å². The fourth-order valence-electron chi connectivity index (χ4n) is 2.59. The molecule has 1 amide bonds. The summed E-state index contributed by atoms with van der Waals surface area (Å²) in [7, 11) is 1.61. The zero-order valence-corrected chi connectivity index (χ0v) is 12.1. The Morgan fingerprint density at radius 1 is 1.18 bits per heavy atom. The standard InChI is InChI=1S/C17H16N2O3/c1-22-14-9-7-13(8-10-14)16-15(11-19(18-16)17(20)21)12-5-3-2-4-6-12/h2-10,15H,11H2,1H3,(H,20,21). The van der Waals surface area contributed by atoms with Crippen molar-refractivity contribution in [1.29, 1.82) is 0 Å². The highest BCUT2D eigenvalue weighted by molar-refractivity contribution is 6.07. The smallest absolute Gasteiger partial charge is 0.427 e. The molecular formula is C17H16N2O3. The van der Waals surface area contributed by atoms with Crippen LogP contribution < -0.4 is 4.74 Å². The Kier molecular flexibility index (Phi) is 3.78. The van der Waals surface area contributed by atoms with Gasteiger partial charge in [-0.05, 0) is 35.4 Å². The third-order valence-electron chi connectivity index (χ3n) is 3.72. The molecule has 1 atom stereocenters. The van der Waals surface area contributed by atoms with Gasteiger partial charge in [0.15, 0.2) is 0 Å². The van der Waals surface area contributed by atoms with E-state index in [1.165, 1.54) is 0 Å². The molecule has 0 fully saturated rings. The Labute approximate surface area is 128 Å². The molecule has 1 heterocycles. The highest BCUT2D eigenvalue weighted by Crippen LogP contribution is 2.29. The number of amides is 1. The Bertz CT molecular complexity index is 696. The van der Waals surface area contributed by atoms with Crippen LogP contribution in [0.5, 0.6) is 5.75 Å². The van der Waals surface area contributed by atoms with Gasteiger partial charge in [0.1, 0.15) is 5.75 Å². The lowest BCUT2D eigenvalue weighted by Gasteiger charge is -2.13. The molecule has 2 aromatic carbocycles. The van der Waals surface area contributed by atoms with Crippen molar-refractivity contribution in [3.8, 4) is 5.75 Å². The summed E-state index contributed by atoms with van der Waals surface area (Å²) < 4.78 is 5.16. The largest absolute Gasteiger partial charge is 0.497 e. The summed E-state index contributed by atoms with van der Waals surface area (Å²) in [6, 6.07) is 17.3. The fourth-order valence-corrected chi connectivity index (χ4v) is 2.59. The molecule has 5 heteroatoms. The van der Waals surface area contributed by atoms with Crippen LogP contribution in [0, 0.1) is 0 Å². The van der Waals surface area contributed by atoms with E-state index in [-0.39, 0.29) is 5.92 Å². The fraction of sp³-hybridized carbons (Fsp3) is 0.176. The van der Waals surface area contributed by atoms with Crippen molar-refractivity contribution in [2.24, 2.45) is 5.10 Å². The van der Waals surface area contributed by atoms with Crippen LogP contribution in [0.3, 0.4) is 0 Å². The van der Waals surface area contributed by atoms with E-state index in [4.69, 9.17) is 4.74 Å². The molecule has 2 aromatic rings. The predicted molar refractivity (Wildman–Crippen MR) is 83.4 cm³/mol. The van der Waals surface area contributed by atoms with Crippen molar-refractivity contribution in [3.05, 3.63) is 65.7 Å².